The zero-order valence-corrected chi connectivity index (χ0v) is 22.9. The highest BCUT2D eigenvalue weighted by molar-refractivity contribution is 7.91. The average molecular weight is 561 g/mol. The summed E-state index contributed by atoms with van der Waals surface area (Å²) in [5, 5.41) is 2.49. The van der Waals surface area contributed by atoms with Gasteiger partial charge in [-0.25, -0.2) is 22.2 Å². The highest BCUT2D eigenvalue weighted by Gasteiger charge is 2.45. The summed E-state index contributed by atoms with van der Waals surface area (Å²) >= 11 is 0. The normalized spacial score (nSPS) is 25.4. The molecule has 2 saturated heterocycles. The number of nitrogens with one attached hydrogen (secondary N) is 1. The largest absolute Gasteiger partial charge is 0.374 e. The predicted molar refractivity (Wildman–Crippen MR) is 144 cm³/mol. The number of halogens is 2. The van der Waals surface area contributed by atoms with Crippen LogP contribution < -0.4 is 10.2 Å². The fourth-order valence-corrected chi connectivity index (χ4v) is 6.99. The Morgan fingerprint density at radius 3 is 2.31 bits per heavy atom. The lowest BCUT2D eigenvalue weighted by molar-refractivity contribution is -0.112. The predicted octanol–water partition coefficient (Wildman–Crippen LogP) is 3.98. The number of hydrogen-bond acceptors (Lipinski definition) is 7. The standard InChI is InChI=1S/C27H34F2N6O3S/c1-18-16-23(32-25(30-18)35-14-10-27(28,29)11-15-35)31-24(36)21-5-2-19(33-39(37,38)20-3-4-20)17-22(21)34-12-8-26(6-7-26)9-13-34/h2,5,16,20H,3-4,6-15,17H2,1H3,(H,30,31,32,36). The molecule has 1 aromatic heterocycles. The second-order valence-corrected chi connectivity index (χ2v) is 13.5. The van der Waals surface area contributed by atoms with E-state index in [0.29, 0.717) is 47.0 Å². The summed E-state index contributed by atoms with van der Waals surface area (Å²) in [6.45, 7) is 3.70. The highest BCUT2D eigenvalue weighted by atomic mass is 32.2. The van der Waals surface area contributed by atoms with E-state index in [1.807, 2.05) is 0 Å². The van der Waals surface area contributed by atoms with Crippen LogP contribution in [0.25, 0.3) is 0 Å². The molecule has 1 N–H and O–H groups in total. The third-order valence-corrected chi connectivity index (χ3v) is 10.4. The van der Waals surface area contributed by atoms with Crippen LogP contribution in [0.2, 0.25) is 0 Å². The lowest BCUT2D eigenvalue weighted by Crippen LogP contribution is -2.40. The van der Waals surface area contributed by atoms with Gasteiger partial charge in [-0.1, -0.05) is 0 Å². The molecule has 0 aromatic carbocycles. The molecule has 5 aliphatic rings. The van der Waals surface area contributed by atoms with E-state index in [0.717, 1.165) is 31.6 Å². The Bertz CT molecular complexity index is 1360. The van der Waals surface area contributed by atoms with Crippen LogP contribution in [-0.4, -0.2) is 72.3 Å². The molecule has 0 bridgehead atoms. The van der Waals surface area contributed by atoms with Gasteiger partial charge < -0.3 is 15.1 Å². The summed E-state index contributed by atoms with van der Waals surface area (Å²) in [5.74, 6) is -2.42. The van der Waals surface area contributed by atoms with Crippen LogP contribution in [0.15, 0.2) is 33.9 Å². The first-order valence-electron chi connectivity index (χ1n) is 13.8. The van der Waals surface area contributed by atoms with Gasteiger partial charge in [-0.2, -0.15) is 9.38 Å². The molecule has 39 heavy (non-hydrogen) atoms. The maximum atomic E-state index is 13.6. The van der Waals surface area contributed by atoms with Gasteiger partial charge in [0, 0.05) is 62.9 Å². The molecule has 3 aliphatic carbocycles. The molecule has 6 rings (SSSR count). The van der Waals surface area contributed by atoms with E-state index in [1.54, 1.807) is 30.0 Å². The molecule has 12 heteroatoms. The molecule has 3 heterocycles. The van der Waals surface area contributed by atoms with Crippen LogP contribution in [0.3, 0.4) is 0 Å². The summed E-state index contributed by atoms with van der Waals surface area (Å²) in [6.07, 6.45) is 8.95. The summed E-state index contributed by atoms with van der Waals surface area (Å²) in [5.41, 5.74) is 2.75. The number of piperidine rings is 2. The lowest BCUT2D eigenvalue weighted by Gasteiger charge is -2.37. The van der Waals surface area contributed by atoms with Crippen molar-refractivity contribution in [1.82, 2.24) is 14.9 Å². The number of likely N-dealkylation sites (tertiary alicyclic amines) is 1. The Kier molecular flexibility index (Phi) is 6.51. The Balaban J connectivity index is 1.24. The number of sulfonamides is 1. The topological polar surface area (TPSA) is 108 Å². The minimum atomic E-state index is -3.54. The molecule has 0 atom stereocenters. The fourth-order valence-electron chi connectivity index (χ4n) is 5.66. The monoisotopic (exact) mass is 560 g/mol. The Labute approximate surface area is 227 Å². The second kappa shape index (κ2) is 9.64. The maximum absolute atomic E-state index is 13.6. The molecule has 4 fully saturated rings. The molecule has 9 nitrogen and oxygen atoms in total. The smallest absolute Gasteiger partial charge is 0.258 e. The van der Waals surface area contributed by atoms with Crippen molar-refractivity contribution in [3.63, 3.8) is 0 Å². The van der Waals surface area contributed by atoms with E-state index in [4.69, 9.17) is 0 Å². The summed E-state index contributed by atoms with van der Waals surface area (Å²) in [4.78, 5) is 26.4. The van der Waals surface area contributed by atoms with Crippen LogP contribution in [0.1, 0.15) is 63.5 Å². The zero-order valence-electron chi connectivity index (χ0n) is 22.1. The van der Waals surface area contributed by atoms with Gasteiger partial charge in [-0.3, -0.25) is 4.79 Å². The molecule has 210 valence electrons. The number of rotatable bonds is 6. The van der Waals surface area contributed by atoms with Gasteiger partial charge in [0.15, 0.2) is 0 Å². The molecule has 2 saturated carbocycles. The van der Waals surface area contributed by atoms with Crippen molar-refractivity contribution >= 4 is 33.4 Å². The van der Waals surface area contributed by atoms with E-state index in [1.165, 1.54) is 12.8 Å². The van der Waals surface area contributed by atoms with Crippen molar-refractivity contribution < 1.29 is 22.0 Å². The van der Waals surface area contributed by atoms with Crippen LogP contribution in [0.4, 0.5) is 20.5 Å². The Morgan fingerprint density at radius 1 is 1.00 bits per heavy atom. The van der Waals surface area contributed by atoms with Crippen molar-refractivity contribution in [3.8, 4) is 0 Å². The average Bonchev–Trinajstić information content (AvgIpc) is 3.80. The number of allylic oxidation sites excluding steroid dienone is 2. The van der Waals surface area contributed by atoms with Crippen molar-refractivity contribution in [1.29, 1.82) is 0 Å². The molecule has 0 unspecified atom stereocenters. The number of carbonyl (C=O) groups is 1. The number of carbonyl (C=O) groups excluding carboxylic acids is 1. The number of aryl methyl sites for hydroxylation is 1. The number of hydrogen-bond donors (Lipinski definition) is 1. The van der Waals surface area contributed by atoms with Crippen LogP contribution in [-0.2, 0) is 14.8 Å². The van der Waals surface area contributed by atoms with Crippen molar-refractivity contribution in [2.75, 3.05) is 36.4 Å². The van der Waals surface area contributed by atoms with Crippen molar-refractivity contribution in [2.24, 2.45) is 9.81 Å². The van der Waals surface area contributed by atoms with Gasteiger partial charge in [0.05, 0.1) is 16.5 Å². The van der Waals surface area contributed by atoms with E-state index in [-0.39, 0.29) is 43.5 Å². The molecule has 1 spiro atoms. The molecular weight excluding hydrogens is 526 g/mol. The van der Waals surface area contributed by atoms with E-state index in [9.17, 15) is 22.0 Å². The van der Waals surface area contributed by atoms with E-state index < -0.39 is 15.9 Å². The first kappa shape index (κ1) is 26.3. The SMILES string of the molecule is Cc1cc(NC(=O)C2=C(N3CCC4(CC3)CC4)CC(=NS(=O)(=O)C3CC3)C=C2)nc(N2CCC(F)(F)CC2)n1. The Hall–Kier alpha value is -2.89. The van der Waals surface area contributed by atoms with E-state index >= 15 is 0 Å². The third kappa shape index (κ3) is 5.85. The summed E-state index contributed by atoms with van der Waals surface area (Å²) in [7, 11) is -3.54. The van der Waals surface area contributed by atoms with Crippen molar-refractivity contribution in [3.05, 3.63) is 35.2 Å². The molecule has 1 aromatic rings. The van der Waals surface area contributed by atoms with Crippen LogP contribution in [0.5, 0.6) is 0 Å². The number of alkyl halides is 2. The number of amides is 1. The quantitative estimate of drug-likeness (QED) is 0.561. The maximum Gasteiger partial charge on any atom is 0.258 e. The third-order valence-electron chi connectivity index (χ3n) is 8.56. The van der Waals surface area contributed by atoms with Gasteiger partial charge in [-0.05, 0) is 63.0 Å². The molecular formula is C27H34F2N6O3S. The van der Waals surface area contributed by atoms with Gasteiger partial charge in [-0.15, -0.1) is 0 Å². The van der Waals surface area contributed by atoms with Gasteiger partial charge in [0.25, 0.3) is 21.9 Å². The van der Waals surface area contributed by atoms with Crippen LogP contribution >= 0.6 is 0 Å². The number of nitrogens with zero attached hydrogens (tertiary/aromatic N) is 5. The minimum Gasteiger partial charge on any atom is -0.374 e. The van der Waals surface area contributed by atoms with Gasteiger partial charge in [0.2, 0.25) is 5.95 Å². The highest BCUT2D eigenvalue weighted by Crippen LogP contribution is 2.54. The first-order valence-corrected chi connectivity index (χ1v) is 15.3. The van der Waals surface area contributed by atoms with Gasteiger partial charge >= 0.3 is 0 Å². The first-order chi connectivity index (χ1) is 18.5. The van der Waals surface area contributed by atoms with E-state index in [2.05, 4.69) is 24.6 Å². The summed E-state index contributed by atoms with van der Waals surface area (Å²) < 4.78 is 56.5. The lowest BCUT2D eigenvalue weighted by atomic mass is 9.91. The Morgan fingerprint density at radius 2 is 1.67 bits per heavy atom. The second-order valence-electron chi connectivity index (χ2n) is 11.6. The van der Waals surface area contributed by atoms with Crippen LogP contribution in [0, 0.1) is 12.3 Å². The minimum absolute atomic E-state index is 0.143. The zero-order chi connectivity index (χ0) is 27.4. The number of anilines is 2. The fraction of sp³-hybridized carbons (Fsp3) is 0.630. The van der Waals surface area contributed by atoms with Crippen molar-refractivity contribution in [2.45, 2.75) is 75.9 Å². The van der Waals surface area contributed by atoms with Gasteiger partial charge in [0.1, 0.15) is 5.82 Å². The molecule has 0 radical (unpaired) electrons. The number of aromatic nitrogens is 2. The summed E-state index contributed by atoms with van der Waals surface area (Å²) in [6, 6.07) is 1.65. The molecule has 2 aliphatic heterocycles. The molecule has 1 amide bonds.